The van der Waals surface area contributed by atoms with Crippen molar-refractivity contribution in [1.82, 2.24) is 15.0 Å². The number of anilines is 2. The van der Waals surface area contributed by atoms with Gasteiger partial charge >= 0.3 is 0 Å². The average molecular weight is 259 g/mol. The number of nitrogens with zero attached hydrogens (tertiary/aromatic N) is 2. The summed E-state index contributed by atoms with van der Waals surface area (Å²) in [7, 11) is 0. The number of aromatic amines is 1. The summed E-state index contributed by atoms with van der Waals surface area (Å²) < 4.78 is 0. The van der Waals surface area contributed by atoms with Crippen LogP contribution in [0.4, 0.5) is 11.5 Å². The third-order valence-electron chi connectivity index (χ3n) is 2.81. The molecule has 90 valence electrons. The van der Waals surface area contributed by atoms with E-state index in [-0.39, 0.29) is 0 Å². The summed E-state index contributed by atoms with van der Waals surface area (Å²) in [4.78, 5) is 11.5. The molecular weight excluding hydrogens is 248 g/mol. The first kappa shape index (κ1) is 11.0. The van der Waals surface area contributed by atoms with E-state index < -0.39 is 0 Å². The molecule has 3 aromatic rings. The highest BCUT2D eigenvalue weighted by molar-refractivity contribution is 6.30. The molecule has 2 N–H and O–H groups in total. The molecule has 0 fully saturated rings. The van der Waals surface area contributed by atoms with Gasteiger partial charge in [-0.05, 0) is 30.7 Å². The van der Waals surface area contributed by atoms with Crippen LogP contribution in [0.25, 0.3) is 11.0 Å². The largest absolute Gasteiger partial charge is 0.346 e. The minimum atomic E-state index is 0.697. The molecule has 0 radical (unpaired) electrons. The summed E-state index contributed by atoms with van der Waals surface area (Å²) in [6.45, 7) is 2.02. The van der Waals surface area contributed by atoms with Gasteiger partial charge in [0.1, 0.15) is 17.8 Å². The Labute approximate surface area is 109 Å². The summed E-state index contributed by atoms with van der Waals surface area (Å²) in [6.07, 6.45) is 3.37. The van der Waals surface area contributed by atoms with Gasteiger partial charge in [0, 0.05) is 16.9 Å². The maximum Gasteiger partial charge on any atom is 0.143 e. The standard InChI is InChI=1S/C13H11ClN4/c1-8-2-3-9(14)6-11(8)18-13-10-4-5-15-12(10)16-7-17-13/h2-7H,1H3,(H2,15,16,17,18). The van der Waals surface area contributed by atoms with Gasteiger partial charge in [0.15, 0.2) is 0 Å². The Morgan fingerprint density at radius 1 is 1.22 bits per heavy atom. The second-order valence-electron chi connectivity index (χ2n) is 4.05. The van der Waals surface area contributed by atoms with Gasteiger partial charge in [0.25, 0.3) is 0 Å². The van der Waals surface area contributed by atoms with Crippen LogP contribution < -0.4 is 5.32 Å². The summed E-state index contributed by atoms with van der Waals surface area (Å²) in [5, 5.41) is 4.94. The van der Waals surface area contributed by atoms with Crippen LogP contribution in [0, 0.1) is 6.92 Å². The molecule has 0 aliphatic carbocycles. The van der Waals surface area contributed by atoms with Crippen molar-refractivity contribution in [2.75, 3.05) is 5.32 Å². The van der Waals surface area contributed by atoms with E-state index in [0.717, 1.165) is 28.1 Å². The van der Waals surface area contributed by atoms with Gasteiger partial charge in [-0.2, -0.15) is 0 Å². The van der Waals surface area contributed by atoms with E-state index in [9.17, 15) is 0 Å². The molecule has 4 nitrogen and oxygen atoms in total. The number of fused-ring (bicyclic) bond motifs is 1. The van der Waals surface area contributed by atoms with Gasteiger partial charge < -0.3 is 10.3 Å². The summed E-state index contributed by atoms with van der Waals surface area (Å²) in [5.74, 6) is 0.770. The molecule has 0 aliphatic rings. The molecule has 0 bridgehead atoms. The summed E-state index contributed by atoms with van der Waals surface area (Å²) in [5.41, 5.74) is 2.87. The summed E-state index contributed by atoms with van der Waals surface area (Å²) in [6, 6.07) is 7.67. The molecule has 0 saturated carbocycles. The Bertz CT molecular complexity index is 705. The highest BCUT2D eigenvalue weighted by Crippen LogP contribution is 2.26. The number of nitrogens with one attached hydrogen (secondary N) is 2. The van der Waals surface area contributed by atoms with E-state index in [2.05, 4.69) is 20.3 Å². The Kier molecular flexibility index (Phi) is 2.64. The van der Waals surface area contributed by atoms with Gasteiger partial charge in [-0.15, -0.1) is 0 Å². The van der Waals surface area contributed by atoms with Gasteiger partial charge in [-0.1, -0.05) is 17.7 Å². The number of aromatic nitrogens is 3. The van der Waals surface area contributed by atoms with Crippen LogP contribution in [0.15, 0.2) is 36.8 Å². The molecule has 0 unspecified atom stereocenters. The zero-order chi connectivity index (χ0) is 12.5. The molecule has 0 atom stereocenters. The van der Waals surface area contributed by atoms with E-state index >= 15 is 0 Å². The van der Waals surface area contributed by atoms with E-state index in [1.165, 1.54) is 6.33 Å². The molecular formula is C13H11ClN4. The van der Waals surface area contributed by atoms with Crippen molar-refractivity contribution in [3.05, 3.63) is 47.4 Å². The fraction of sp³-hybridized carbons (Fsp3) is 0.0769. The third kappa shape index (κ3) is 1.91. The molecule has 0 spiro atoms. The fourth-order valence-corrected chi connectivity index (χ4v) is 2.00. The third-order valence-corrected chi connectivity index (χ3v) is 3.04. The van der Waals surface area contributed by atoms with Crippen molar-refractivity contribution in [1.29, 1.82) is 0 Å². The van der Waals surface area contributed by atoms with Crippen LogP contribution in [0.5, 0.6) is 0 Å². The van der Waals surface area contributed by atoms with E-state index in [1.807, 2.05) is 37.4 Å². The van der Waals surface area contributed by atoms with E-state index in [4.69, 9.17) is 11.6 Å². The lowest BCUT2D eigenvalue weighted by molar-refractivity contribution is 1.20. The zero-order valence-electron chi connectivity index (χ0n) is 9.74. The number of halogens is 1. The maximum atomic E-state index is 6.00. The highest BCUT2D eigenvalue weighted by atomic mass is 35.5. The monoisotopic (exact) mass is 258 g/mol. The van der Waals surface area contributed by atoms with Crippen molar-refractivity contribution in [3.8, 4) is 0 Å². The lowest BCUT2D eigenvalue weighted by atomic mass is 10.2. The Balaban J connectivity index is 2.06. The van der Waals surface area contributed by atoms with Crippen molar-refractivity contribution in [2.24, 2.45) is 0 Å². The Hall–Kier alpha value is -2.07. The predicted octanol–water partition coefficient (Wildman–Crippen LogP) is 3.66. The smallest absolute Gasteiger partial charge is 0.143 e. The topological polar surface area (TPSA) is 53.6 Å². The van der Waals surface area contributed by atoms with Crippen molar-refractivity contribution < 1.29 is 0 Å². The number of hydrogen-bond donors (Lipinski definition) is 2. The lowest BCUT2D eigenvalue weighted by Crippen LogP contribution is -1.97. The van der Waals surface area contributed by atoms with Crippen LogP contribution in [-0.2, 0) is 0 Å². The second-order valence-corrected chi connectivity index (χ2v) is 4.48. The molecule has 1 aromatic carbocycles. The number of benzene rings is 1. The quantitative estimate of drug-likeness (QED) is 0.737. The first-order chi connectivity index (χ1) is 8.74. The van der Waals surface area contributed by atoms with Crippen LogP contribution >= 0.6 is 11.6 Å². The Morgan fingerprint density at radius 2 is 2.11 bits per heavy atom. The van der Waals surface area contributed by atoms with Crippen molar-refractivity contribution in [2.45, 2.75) is 6.92 Å². The van der Waals surface area contributed by atoms with Gasteiger partial charge in [0.05, 0.1) is 5.39 Å². The van der Waals surface area contributed by atoms with Gasteiger partial charge in [-0.3, -0.25) is 0 Å². The molecule has 0 saturated heterocycles. The fourth-order valence-electron chi connectivity index (χ4n) is 1.83. The molecule has 3 rings (SSSR count). The molecule has 2 heterocycles. The first-order valence-corrected chi connectivity index (χ1v) is 5.93. The number of hydrogen-bond acceptors (Lipinski definition) is 3. The summed E-state index contributed by atoms with van der Waals surface area (Å²) >= 11 is 6.00. The molecule has 0 amide bonds. The van der Waals surface area contributed by atoms with E-state index in [0.29, 0.717) is 5.02 Å². The van der Waals surface area contributed by atoms with Gasteiger partial charge in [0.2, 0.25) is 0 Å². The van der Waals surface area contributed by atoms with Crippen molar-refractivity contribution >= 4 is 34.1 Å². The van der Waals surface area contributed by atoms with Gasteiger partial charge in [-0.25, -0.2) is 9.97 Å². The average Bonchev–Trinajstić information content (AvgIpc) is 2.83. The maximum absolute atomic E-state index is 6.00. The highest BCUT2D eigenvalue weighted by Gasteiger charge is 2.06. The minimum Gasteiger partial charge on any atom is -0.346 e. The lowest BCUT2D eigenvalue weighted by Gasteiger charge is -2.09. The number of aryl methyl sites for hydroxylation is 1. The molecule has 18 heavy (non-hydrogen) atoms. The Morgan fingerprint density at radius 3 is 3.00 bits per heavy atom. The van der Waals surface area contributed by atoms with Crippen LogP contribution in [-0.4, -0.2) is 15.0 Å². The van der Waals surface area contributed by atoms with Crippen LogP contribution in [0.1, 0.15) is 5.56 Å². The minimum absolute atomic E-state index is 0.697. The van der Waals surface area contributed by atoms with Crippen LogP contribution in [0.2, 0.25) is 5.02 Å². The van der Waals surface area contributed by atoms with Crippen molar-refractivity contribution in [3.63, 3.8) is 0 Å². The van der Waals surface area contributed by atoms with E-state index in [1.54, 1.807) is 0 Å². The molecule has 5 heteroatoms. The van der Waals surface area contributed by atoms with Crippen LogP contribution in [0.3, 0.4) is 0 Å². The predicted molar refractivity (Wildman–Crippen MR) is 73.4 cm³/mol. The molecule has 2 aromatic heterocycles. The SMILES string of the molecule is Cc1ccc(Cl)cc1Nc1ncnc2[nH]ccc12. The second kappa shape index (κ2) is 4.31. The zero-order valence-corrected chi connectivity index (χ0v) is 10.5. The first-order valence-electron chi connectivity index (χ1n) is 5.55. The number of H-pyrrole nitrogens is 1. The normalized spacial score (nSPS) is 10.8. The molecule has 0 aliphatic heterocycles. The number of rotatable bonds is 2.